The van der Waals surface area contributed by atoms with Gasteiger partial charge < -0.3 is 10.4 Å². The number of hydrogen-bond acceptors (Lipinski definition) is 3. The summed E-state index contributed by atoms with van der Waals surface area (Å²) in [4.78, 5) is 0. The van der Waals surface area contributed by atoms with Gasteiger partial charge in [0.05, 0.1) is 17.6 Å². The molecule has 3 nitrogen and oxygen atoms in total. The maximum atomic E-state index is 9.78. The summed E-state index contributed by atoms with van der Waals surface area (Å²) in [6, 6.07) is 2.29. The molecular formula is C14H28N2O. The zero-order valence-corrected chi connectivity index (χ0v) is 12.0. The van der Waals surface area contributed by atoms with Crippen molar-refractivity contribution in [2.24, 2.45) is 10.8 Å². The molecule has 0 amide bonds. The van der Waals surface area contributed by atoms with Gasteiger partial charge in [0.25, 0.3) is 0 Å². The maximum absolute atomic E-state index is 9.78. The van der Waals surface area contributed by atoms with E-state index in [-0.39, 0.29) is 16.9 Å². The second-order valence-corrected chi connectivity index (χ2v) is 6.72. The molecular weight excluding hydrogens is 212 g/mol. The number of nitriles is 1. The lowest BCUT2D eigenvalue weighted by molar-refractivity contribution is 0.119. The molecule has 0 heterocycles. The molecule has 0 radical (unpaired) electrons. The molecule has 2 N–H and O–H groups in total. The van der Waals surface area contributed by atoms with Crippen molar-refractivity contribution in [3.8, 4) is 6.07 Å². The number of nitrogens with zero attached hydrogens (tertiary/aromatic N) is 1. The lowest BCUT2D eigenvalue weighted by Crippen LogP contribution is -2.31. The van der Waals surface area contributed by atoms with E-state index in [0.717, 1.165) is 25.8 Å². The summed E-state index contributed by atoms with van der Waals surface area (Å²) in [6.07, 6.45) is 2.40. The van der Waals surface area contributed by atoms with Gasteiger partial charge in [-0.05, 0) is 45.1 Å². The summed E-state index contributed by atoms with van der Waals surface area (Å²) >= 11 is 0. The number of hydrogen-bond donors (Lipinski definition) is 2. The van der Waals surface area contributed by atoms with Crippen LogP contribution in [0.4, 0.5) is 0 Å². The van der Waals surface area contributed by atoms with Crippen molar-refractivity contribution in [1.82, 2.24) is 5.32 Å². The molecule has 0 aromatic carbocycles. The first-order chi connectivity index (χ1) is 7.66. The fourth-order valence-corrected chi connectivity index (χ4v) is 1.76. The second-order valence-electron chi connectivity index (χ2n) is 6.72. The fraction of sp³-hybridized carbons (Fsp3) is 0.929. The van der Waals surface area contributed by atoms with Gasteiger partial charge in [0.1, 0.15) is 0 Å². The van der Waals surface area contributed by atoms with Gasteiger partial charge in [0, 0.05) is 6.54 Å². The first kappa shape index (κ1) is 16.4. The Kier molecular flexibility index (Phi) is 6.74. The van der Waals surface area contributed by atoms with Crippen LogP contribution in [0, 0.1) is 22.2 Å². The van der Waals surface area contributed by atoms with E-state index >= 15 is 0 Å². The molecule has 0 aromatic rings. The Bertz CT molecular complexity index is 248. The summed E-state index contributed by atoms with van der Waals surface area (Å²) in [5.41, 5.74) is -0.0599. The van der Waals surface area contributed by atoms with Crippen LogP contribution >= 0.6 is 0 Å². The molecule has 3 heteroatoms. The highest BCUT2D eigenvalue weighted by Crippen LogP contribution is 2.21. The van der Waals surface area contributed by atoms with E-state index in [1.807, 2.05) is 13.8 Å². The van der Waals surface area contributed by atoms with Crippen LogP contribution in [0.2, 0.25) is 0 Å². The Morgan fingerprint density at radius 3 is 2.29 bits per heavy atom. The average molecular weight is 240 g/mol. The summed E-state index contributed by atoms with van der Waals surface area (Å²) in [5, 5.41) is 21.9. The minimum Gasteiger partial charge on any atom is -0.392 e. The predicted molar refractivity (Wildman–Crippen MR) is 71.6 cm³/mol. The Morgan fingerprint density at radius 2 is 1.82 bits per heavy atom. The third kappa shape index (κ3) is 10.3. The first-order valence-corrected chi connectivity index (χ1v) is 6.46. The molecule has 0 rings (SSSR count). The highest BCUT2D eigenvalue weighted by Gasteiger charge is 2.17. The van der Waals surface area contributed by atoms with Crippen LogP contribution in [0.5, 0.6) is 0 Å². The van der Waals surface area contributed by atoms with Gasteiger partial charge in [-0.15, -0.1) is 0 Å². The highest BCUT2D eigenvalue weighted by molar-refractivity contribution is 4.91. The molecule has 0 aliphatic carbocycles. The van der Waals surface area contributed by atoms with Crippen molar-refractivity contribution in [1.29, 1.82) is 5.26 Å². The Morgan fingerprint density at radius 1 is 1.24 bits per heavy atom. The lowest BCUT2D eigenvalue weighted by atomic mass is 9.89. The number of aliphatic hydroxyl groups excluding tert-OH is 1. The van der Waals surface area contributed by atoms with Crippen molar-refractivity contribution in [2.75, 3.05) is 13.1 Å². The van der Waals surface area contributed by atoms with E-state index in [4.69, 9.17) is 5.26 Å². The molecule has 0 aliphatic heterocycles. The Hall–Kier alpha value is -0.590. The molecule has 0 saturated heterocycles. The van der Waals surface area contributed by atoms with Crippen LogP contribution in [-0.4, -0.2) is 24.3 Å². The molecule has 0 fully saturated rings. The smallest absolute Gasteiger partial charge is 0.0683 e. The fourth-order valence-electron chi connectivity index (χ4n) is 1.76. The normalized spacial score (nSPS) is 14.4. The average Bonchev–Trinajstić information content (AvgIpc) is 2.14. The third-order valence-electron chi connectivity index (χ3n) is 2.69. The van der Waals surface area contributed by atoms with Gasteiger partial charge in [-0.1, -0.05) is 20.8 Å². The largest absolute Gasteiger partial charge is 0.392 e. The predicted octanol–water partition coefficient (Wildman–Crippen LogP) is 2.70. The quantitative estimate of drug-likeness (QED) is 0.673. The molecule has 0 aliphatic rings. The SMILES string of the molecule is CC(C)(C)CC(O)CNCCCC(C)(C)C#N. The van der Waals surface area contributed by atoms with E-state index in [2.05, 4.69) is 32.2 Å². The van der Waals surface area contributed by atoms with Gasteiger partial charge >= 0.3 is 0 Å². The van der Waals surface area contributed by atoms with E-state index in [1.165, 1.54) is 0 Å². The molecule has 1 atom stereocenters. The zero-order chi connectivity index (χ0) is 13.5. The van der Waals surface area contributed by atoms with Crippen molar-refractivity contribution in [3.05, 3.63) is 0 Å². The number of aliphatic hydroxyl groups is 1. The van der Waals surface area contributed by atoms with Gasteiger partial charge in [0.2, 0.25) is 0 Å². The van der Waals surface area contributed by atoms with Crippen molar-refractivity contribution < 1.29 is 5.11 Å². The van der Waals surface area contributed by atoms with Crippen molar-refractivity contribution in [2.45, 2.75) is 60.0 Å². The monoisotopic (exact) mass is 240 g/mol. The molecule has 1 unspecified atom stereocenters. The molecule has 17 heavy (non-hydrogen) atoms. The van der Waals surface area contributed by atoms with Crippen LogP contribution in [0.25, 0.3) is 0 Å². The molecule has 0 spiro atoms. The van der Waals surface area contributed by atoms with Crippen LogP contribution in [0.1, 0.15) is 53.9 Å². The zero-order valence-electron chi connectivity index (χ0n) is 12.0. The van der Waals surface area contributed by atoms with Gasteiger partial charge in [0.15, 0.2) is 0 Å². The standard InChI is InChI=1S/C14H28N2O/c1-13(2,3)9-12(17)10-16-8-6-7-14(4,5)11-15/h12,16-17H,6-10H2,1-5H3. The van der Waals surface area contributed by atoms with Crippen LogP contribution < -0.4 is 5.32 Å². The van der Waals surface area contributed by atoms with E-state index < -0.39 is 0 Å². The minimum atomic E-state index is -0.279. The number of nitrogens with one attached hydrogen (secondary N) is 1. The van der Waals surface area contributed by atoms with Gasteiger partial charge in [-0.25, -0.2) is 0 Å². The minimum absolute atomic E-state index is 0.171. The topological polar surface area (TPSA) is 56.0 Å². The third-order valence-corrected chi connectivity index (χ3v) is 2.69. The Balaban J connectivity index is 3.57. The van der Waals surface area contributed by atoms with E-state index in [1.54, 1.807) is 0 Å². The molecule has 100 valence electrons. The van der Waals surface area contributed by atoms with Crippen molar-refractivity contribution >= 4 is 0 Å². The van der Waals surface area contributed by atoms with Gasteiger partial charge in [-0.2, -0.15) is 5.26 Å². The van der Waals surface area contributed by atoms with E-state index in [9.17, 15) is 5.11 Å². The van der Waals surface area contributed by atoms with Gasteiger partial charge in [-0.3, -0.25) is 0 Å². The van der Waals surface area contributed by atoms with Crippen LogP contribution in [0.3, 0.4) is 0 Å². The lowest BCUT2D eigenvalue weighted by Gasteiger charge is -2.22. The summed E-state index contributed by atoms with van der Waals surface area (Å²) in [7, 11) is 0. The van der Waals surface area contributed by atoms with Crippen LogP contribution in [0.15, 0.2) is 0 Å². The van der Waals surface area contributed by atoms with E-state index in [0.29, 0.717) is 6.54 Å². The molecule has 0 bridgehead atoms. The summed E-state index contributed by atoms with van der Waals surface area (Å²) in [5.74, 6) is 0. The number of rotatable bonds is 7. The van der Waals surface area contributed by atoms with Crippen LogP contribution in [-0.2, 0) is 0 Å². The first-order valence-electron chi connectivity index (χ1n) is 6.46. The van der Waals surface area contributed by atoms with Crippen molar-refractivity contribution in [3.63, 3.8) is 0 Å². The molecule has 0 aromatic heterocycles. The molecule has 0 saturated carbocycles. The summed E-state index contributed by atoms with van der Waals surface area (Å²) in [6.45, 7) is 11.8. The summed E-state index contributed by atoms with van der Waals surface area (Å²) < 4.78 is 0. The Labute approximate surface area is 106 Å². The highest BCUT2D eigenvalue weighted by atomic mass is 16.3. The second kappa shape index (κ2) is 6.98. The maximum Gasteiger partial charge on any atom is 0.0683 e.